The number of hydrogen-bond donors (Lipinski definition) is 1. The number of likely N-dealkylation sites (N-methyl/N-ethyl adjacent to an activating group) is 1. The molecule has 0 spiro atoms. The molecule has 1 aliphatic rings. The van der Waals surface area contributed by atoms with Gasteiger partial charge in [0.1, 0.15) is 0 Å². The molecule has 1 aliphatic heterocycles. The molecule has 1 rings (SSSR count). The average Bonchev–Trinajstić information content (AvgIpc) is 1.95. The predicted molar refractivity (Wildman–Crippen MR) is 41.1 cm³/mol. The smallest absolute Gasteiger partial charge is 0.0752 e. The van der Waals surface area contributed by atoms with Gasteiger partial charge in [-0.15, -0.1) is 0 Å². The standard InChI is InChI=1S/C6H12N4O/c1-10-3-2-5(8-9-7)6(11)4-10/h5-6,11H,2-4H2,1H3. The highest BCUT2D eigenvalue weighted by molar-refractivity contribution is 4.83. The van der Waals surface area contributed by atoms with Crippen LogP contribution in [-0.2, 0) is 0 Å². The number of aliphatic hydroxyl groups is 1. The second kappa shape index (κ2) is 3.57. The van der Waals surface area contributed by atoms with Crippen molar-refractivity contribution in [2.75, 3.05) is 20.1 Å². The lowest BCUT2D eigenvalue weighted by molar-refractivity contribution is 0.0663. The van der Waals surface area contributed by atoms with E-state index in [4.69, 9.17) is 5.53 Å². The molecule has 0 aromatic rings. The minimum absolute atomic E-state index is 0.226. The van der Waals surface area contributed by atoms with Gasteiger partial charge >= 0.3 is 0 Å². The fourth-order valence-electron chi connectivity index (χ4n) is 1.28. The van der Waals surface area contributed by atoms with E-state index in [0.717, 1.165) is 13.0 Å². The van der Waals surface area contributed by atoms with Gasteiger partial charge in [-0.3, -0.25) is 0 Å². The summed E-state index contributed by atoms with van der Waals surface area (Å²) < 4.78 is 0. The van der Waals surface area contributed by atoms with Crippen LogP contribution in [0.2, 0.25) is 0 Å². The molecule has 62 valence electrons. The van der Waals surface area contributed by atoms with Crippen molar-refractivity contribution in [2.24, 2.45) is 5.11 Å². The van der Waals surface area contributed by atoms with E-state index in [-0.39, 0.29) is 6.04 Å². The average molecular weight is 156 g/mol. The van der Waals surface area contributed by atoms with E-state index in [1.54, 1.807) is 0 Å². The van der Waals surface area contributed by atoms with Crippen molar-refractivity contribution in [1.29, 1.82) is 0 Å². The summed E-state index contributed by atoms with van der Waals surface area (Å²) in [5.74, 6) is 0. The number of nitrogens with zero attached hydrogens (tertiary/aromatic N) is 4. The zero-order valence-corrected chi connectivity index (χ0v) is 6.51. The third kappa shape index (κ3) is 2.08. The highest BCUT2D eigenvalue weighted by Crippen LogP contribution is 2.12. The van der Waals surface area contributed by atoms with Crippen LogP contribution in [0.4, 0.5) is 0 Å². The quantitative estimate of drug-likeness (QED) is 0.338. The van der Waals surface area contributed by atoms with E-state index < -0.39 is 6.10 Å². The Hall–Kier alpha value is -0.770. The Bertz CT molecular complexity index is 177. The molecule has 1 heterocycles. The van der Waals surface area contributed by atoms with Crippen LogP contribution in [0.5, 0.6) is 0 Å². The number of aliphatic hydroxyl groups excluding tert-OH is 1. The largest absolute Gasteiger partial charge is 0.391 e. The summed E-state index contributed by atoms with van der Waals surface area (Å²) in [5, 5.41) is 12.9. The van der Waals surface area contributed by atoms with Crippen molar-refractivity contribution in [1.82, 2.24) is 4.90 Å². The summed E-state index contributed by atoms with van der Waals surface area (Å²) in [4.78, 5) is 4.70. The molecule has 0 radical (unpaired) electrons. The molecule has 2 atom stereocenters. The molecular weight excluding hydrogens is 144 g/mol. The first-order valence-electron chi connectivity index (χ1n) is 3.65. The summed E-state index contributed by atoms with van der Waals surface area (Å²) in [5.41, 5.74) is 8.14. The van der Waals surface area contributed by atoms with Gasteiger partial charge in [0.2, 0.25) is 0 Å². The van der Waals surface area contributed by atoms with Gasteiger partial charge in [-0.05, 0) is 25.5 Å². The molecule has 2 unspecified atom stereocenters. The molecule has 11 heavy (non-hydrogen) atoms. The Morgan fingerprint density at radius 3 is 3.00 bits per heavy atom. The maximum Gasteiger partial charge on any atom is 0.0752 e. The van der Waals surface area contributed by atoms with E-state index in [1.807, 2.05) is 11.9 Å². The SMILES string of the molecule is CN1CCC(N=[N+]=[N-])C(O)C1. The Morgan fingerprint density at radius 2 is 2.45 bits per heavy atom. The Labute approximate surface area is 65.2 Å². The molecule has 5 nitrogen and oxygen atoms in total. The van der Waals surface area contributed by atoms with Crippen LogP contribution in [-0.4, -0.2) is 42.3 Å². The van der Waals surface area contributed by atoms with Crippen molar-refractivity contribution in [3.8, 4) is 0 Å². The van der Waals surface area contributed by atoms with Crippen molar-refractivity contribution >= 4 is 0 Å². The van der Waals surface area contributed by atoms with E-state index in [0.29, 0.717) is 6.54 Å². The second-order valence-electron chi connectivity index (χ2n) is 2.89. The molecule has 0 saturated carbocycles. The van der Waals surface area contributed by atoms with Crippen LogP contribution < -0.4 is 0 Å². The molecule has 0 bridgehead atoms. The molecular formula is C6H12N4O. The molecule has 5 heteroatoms. The first-order valence-corrected chi connectivity index (χ1v) is 3.65. The number of likely N-dealkylation sites (tertiary alicyclic amines) is 1. The van der Waals surface area contributed by atoms with Crippen LogP contribution in [0.3, 0.4) is 0 Å². The van der Waals surface area contributed by atoms with Gasteiger partial charge < -0.3 is 10.0 Å². The van der Waals surface area contributed by atoms with Crippen molar-refractivity contribution in [3.63, 3.8) is 0 Å². The fourth-order valence-corrected chi connectivity index (χ4v) is 1.28. The molecule has 0 aliphatic carbocycles. The maximum atomic E-state index is 9.36. The van der Waals surface area contributed by atoms with E-state index in [9.17, 15) is 5.11 Å². The van der Waals surface area contributed by atoms with E-state index >= 15 is 0 Å². The molecule has 0 aromatic heterocycles. The lowest BCUT2D eigenvalue weighted by atomic mass is 10.0. The Morgan fingerprint density at radius 1 is 1.73 bits per heavy atom. The normalized spacial score (nSPS) is 32.9. The highest BCUT2D eigenvalue weighted by atomic mass is 16.3. The molecule has 0 amide bonds. The second-order valence-corrected chi connectivity index (χ2v) is 2.89. The molecule has 1 N–H and O–H groups in total. The third-order valence-electron chi connectivity index (χ3n) is 1.95. The number of β-amino-alcohol motifs (C(OH)–C–C–N with tert-alkyl or cyclic N) is 1. The topological polar surface area (TPSA) is 72.2 Å². The number of azide groups is 1. The van der Waals surface area contributed by atoms with Crippen LogP contribution in [0.15, 0.2) is 5.11 Å². The zero-order chi connectivity index (χ0) is 8.27. The number of rotatable bonds is 1. The van der Waals surface area contributed by atoms with Gasteiger partial charge in [-0.1, -0.05) is 5.11 Å². The van der Waals surface area contributed by atoms with Gasteiger partial charge in [0.15, 0.2) is 0 Å². The monoisotopic (exact) mass is 156 g/mol. The van der Waals surface area contributed by atoms with Crippen molar-refractivity contribution in [3.05, 3.63) is 10.4 Å². The van der Waals surface area contributed by atoms with Crippen LogP contribution in [0, 0.1) is 0 Å². The van der Waals surface area contributed by atoms with Gasteiger partial charge in [0, 0.05) is 11.5 Å². The summed E-state index contributed by atoms with van der Waals surface area (Å²) in [6.07, 6.45) is 0.256. The first kappa shape index (κ1) is 8.33. The first-order chi connectivity index (χ1) is 5.24. The fraction of sp³-hybridized carbons (Fsp3) is 1.00. The summed E-state index contributed by atoms with van der Waals surface area (Å²) in [6, 6.07) is -0.226. The lowest BCUT2D eigenvalue weighted by Crippen LogP contribution is -2.43. The van der Waals surface area contributed by atoms with Crippen molar-refractivity contribution < 1.29 is 5.11 Å². The van der Waals surface area contributed by atoms with Gasteiger partial charge in [0.25, 0.3) is 0 Å². The molecule has 0 aromatic carbocycles. The number of piperidine rings is 1. The van der Waals surface area contributed by atoms with Crippen LogP contribution >= 0.6 is 0 Å². The Balaban J connectivity index is 2.50. The zero-order valence-electron chi connectivity index (χ0n) is 6.51. The summed E-state index contributed by atoms with van der Waals surface area (Å²) in [7, 11) is 1.94. The summed E-state index contributed by atoms with van der Waals surface area (Å²) in [6.45, 7) is 1.49. The van der Waals surface area contributed by atoms with E-state index in [2.05, 4.69) is 10.0 Å². The third-order valence-corrected chi connectivity index (χ3v) is 1.95. The minimum atomic E-state index is -0.496. The van der Waals surface area contributed by atoms with Gasteiger partial charge in [-0.25, -0.2) is 0 Å². The minimum Gasteiger partial charge on any atom is -0.391 e. The van der Waals surface area contributed by atoms with Gasteiger partial charge in [0.05, 0.1) is 12.1 Å². The molecule has 1 saturated heterocycles. The predicted octanol–water partition coefficient (Wildman–Crippen LogP) is 0.362. The van der Waals surface area contributed by atoms with Gasteiger partial charge in [-0.2, -0.15) is 0 Å². The molecule has 1 fully saturated rings. The van der Waals surface area contributed by atoms with Crippen LogP contribution in [0.1, 0.15) is 6.42 Å². The maximum absolute atomic E-state index is 9.36. The number of hydrogen-bond acceptors (Lipinski definition) is 3. The highest BCUT2D eigenvalue weighted by Gasteiger charge is 2.24. The lowest BCUT2D eigenvalue weighted by Gasteiger charge is -2.30. The van der Waals surface area contributed by atoms with E-state index in [1.165, 1.54) is 0 Å². The van der Waals surface area contributed by atoms with Crippen molar-refractivity contribution in [2.45, 2.75) is 18.6 Å². The summed E-state index contributed by atoms with van der Waals surface area (Å²) >= 11 is 0. The van der Waals surface area contributed by atoms with Crippen LogP contribution in [0.25, 0.3) is 10.4 Å². The Kier molecular flexibility index (Phi) is 2.70.